The van der Waals surface area contributed by atoms with E-state index in [4.69, 9.17) is 19.2 Å². The third-order valence-corrected chi connectivity index (χ3v) is 11.4. The summed E-state index contributed by atoms with van der Waals surface area (Å²) in [5.41, 5.74) is 3.59. The third kappa shape index (κ3) is 8.15. The van der Waals surface area contributed by atoms with E-state index in [9.17, 15) is 9.59 Å². The van der Waals surface area contributed by atoms with E-state index in [1.807, 2.05) is 23.4 Å². The van der Waals surface area contributed by atoms with Crippen LogP contribution in [0.4, 0.5) is 10.6 Å². The number of methoxy groups -OCH3 is 1. The van der Waals surface area contributed by atoms with Crippen LogP contribution in [-0.4, -0.2) is 61.0 Å². The molecule has 2 aromatic heterocycles. The van der Waals surface area contributed by atoms with E-state index in [0.717, 1.165) is 46.9 Å². The highest BCUT2D eigenvalue weighted by atomic mass is 32.1. The summed E-state index contributed by atoms with van der Waals surface area (Å²) in [6, 6.07) is 10.7. The normalized spacial score (nSPS) is 23.2. The summed E-state index contributed by atoms with van der Waals surface area (Å²) < 4.78 is 16.3. The Balaban J connectivity index is 1.14. The Morgan fingerprint density at radius 3 is 2.43 bits per heavy atom. The van der Waals surface area contributed by atoms with Gasteiger partial charge in [0.25, 0.3) is 0 Å². The van der Waals surface area contributed by atoms with Crippen LogP contribution in [0.15, 0.2) is 42.7 Å². The molecule has 2 aliphatic carbocycles. The van der Waals surface area contributed by atoms with Gasteiger partial charge in [-0.25, -0.2) is 14.8 Å². The molecule has 3 aliphatic rings. The summed E-state index contributed by atoms with van der Waals surface area (Å²) in [6.45, 7) is 8.14. The van der Waals surface area contributed by atoms with Crippen molar-refractivity contribution in [3.8, 4) is 16.2 Å². The minimum Gasteiger partial charge on any atom is -0.496 e. The van der Waals surface area contributed by atoms with Gasteiger partial charge in [-0.3, -0.25) is 9.69 Å². The lowest BCUT2D eigenvalue weighted by molar-refractivity contribution is -0.124. The molecule has 3 fully saturated rings. The van der Waals surface area contributed by atoms with Crippen LogP contribution in [0.2, 0.25) is 0 Å². The van der Waals surface area contributed by atoms with Gasteiger partial charge >= 0.3 is 6.09 Å². The van der Waals surface area contributed by atoms with Crippen LogP contribution in [0.5, 0.6) is 5.75 Å². The molecular formula is C37H48N4O5S. The maximum absolute atomic E-state index is 14.3. The zero-order chi connectivity index (χ0) is 32.9. The number of hydrogen-bond donors (Lipinski definition) is 1. The number of anilines is 1. The lowest BCUT2D eigenvalue weighted by Crippen LogP contribution is -2.49. The molecule has 3 heterocycles. The molecule has 47 heavy (non-hydrogen) atoms. The molecule has 0 spiro atoms. The number of ether oxygens (including phenoxy) is 3. The summed E-state index contributed by atoms with van der Waals surface area (Å²) in [5, 5.41) is 3.95. The van der Waals surface area contributed by atoms with Crippen LogP contribution < -0.4 is 15.0 Å². The van der Waals surface area contributed by atoms with Crippen molar-refractivity contribution in [1.29, 1.82) is 0 Å². The predicted molar refractivity (Wildman–Crippen MR) is 184 cm³/mol. The molecule has 0 unspecified atom stereocenters. The number of aryl methyl sites for hydroxylation is 1. The van der Waals surface area contributed by atoms with E-state index in [-0.39, 0.29) is 30.1 Å². The SMILES string of the molecule is COc1ccc([C@H]2CC[C@H](CN(c3cc(-c4cnc(C(C)C)s4)ccn3)C(=O)[C@H]3CC[C@H](OC(=O)NC4COC4)CC3)CC2)cc1C. The van der Waals surface area contributed by atoms with E-state index in [0.29, 0.717) is 69.0 Å². The van der Waals surface area contributed by atoms with Crippen LogP contribution in [-0.2, 0) is 14.3 Å². The number of nitrogens with zero attached hydrogens (tertiary/aromatic N) is 3. The number of hydrogen-bond acceptors (Lipinski definition) is 8. The Morgan fingerprint density at radius 1 is 1.02 bits per heavy atom. The first-order valence-electron chi connectivity index (χ1n) is 17.2. The molecule has 1 saturated heterocycles. The topological polar surface area (TPSA) is 103 Å². The highest BCUT2D eigenvalue weighted by molar-refractivity contribution is 7.15. The summed E-state index contributed by atoms with van der Waals surface area (Å²) in [4.78, 5) is 39.1. The van der Waals surface area contributed by atoms with Gasteiger partial charge in [0.15, 0.2) is 0 Å². The van der Waals surface area contributed by atoms with Gasteiger partial charge in [0.1, 0.15) is 17.7 Å². The van der Waals surface area contributed by atoms with Crippen molar-refractivity contribution in [1.82, 2.24) is 15.3 Å². The summed E-state index contributed by atoms with van der Waals surface area (Å²) in [7, 11) is 1.72. The lowest BCUT2D eigenvalue weighted by atomic mass is 9.78. The first-order chi connectivity index (χ1) is 22.8. The van der Waals surface area contributed by atoms with Crippen molar-refractivity contribution < 1.29 is 23.8 Å². The van der Waals surface area contributed by atoms with Gasteiger partial charge in [-0.05, 0) is 105 Å². The smallest absolute Gasteiger partial charge is 0.407 e. The Morgan fingerprint density at radius 2 is 1.79 bits per heavy atom. The van der Waals surface area contributed by atoms with Gasteiger partial charge in [0.2, 0.25) is 5.91 Å². The van der Waals surface area contributed by atoms with E-state index in [1.165, 1.54) is 11.1 Å². The predicted octanol–water partition coefficient (Wildman–Crippen LogP) is 7.64. The van der Waals surface area contributed by atoms with Gasteiger partial charge in [-0.2, -0.15) is 0 Å². The highest BCUT2D eigenvalue weighted by Gasteiger charge is 2.35. The maximum Gasteiger partial charge on any atom is 0.407 e. The first-order valence-corrected chi connectivity index (χ1v) is 18.0. The Kier molecular flexibility index (Phi) is 10.8. The first kappa shape index (κ1) is 33.4. The Hall–Kier alpha value is -3.50. The lowest BCUT2D eigenvalue weighted by Gasteiger charge is -2.36. The number of nitrogens with one attached hydrogen (secondary N) is 1. The number of alkyl carbamates (subject to hydrolysis) is 1. The van der Waals surface area contributed by atoms with Crippen molar-refractivity contribution in [3.05, 3.63) is 58.9 Å². The maximum atomic E-state index is 14.3. The van der Waals surface area contributed by atoms with Crippen molar-refractivity contribution in [3.63, 3.8) is 0 Å². The fourth-order valence-electron chi connectivity index (χ4n) is 7.11. The Bertz CT molecular complexity index is 1520. The molecule has 6 rings (SSSR count). The number of carbonyl (C=O) groups is 2. The highest BCUT2D eigenvalue weighted by Crippen LogP contribution is 2.39. The molecular weight excluding hydrogens is 612 g/mol. The summed E-state index contributed by atoms with van der Waals surface area (Å²) >= 11 is 1.70. The zero-order valence-electron chi connectivity index (χ0n) is 28.1. The fraction of sp³-hybridized carbons (Fsp3) is 0.568. The molecule has 252 valence electrons. The standard InChI is InChI=1S/C37H48N4O5S/c1-23(2)35-39-19-33(47-35)29-15-16-38-34(18-29)41(20-25-5-7-26(8-6-25)28-11-14-32(44-4)24(3)17-28)36(42)27-9-12-31(13-10-27)46-37(43)40-30-21-45-22-30/h11,14-19,23,25-27,30-31H,5-10,12-13,20-22H2,1-4H3,(H,40,43)/t25-,26-,27-,31-. The number of amides is 2. The number of rotatable bonds is 10. The molecule has 2 amide bonds. The molecule has 9 nitrogen and oxygen atoms in total. The van der Waals surface area contributed by atoms with Crippen molar-refractivity contribution in [2.24, 2.45) is 11.8 Å². The fourth-order valence-corrected chi connectivity index (χ4v) is 8.03. The van der Waals surface area contributed by atoms with Gasteiger partial charge in [-0.1, -0.05) is 26.0 Å². The Labute approximate surface area is 282 Å². The third-order valence-electron chi connectivity index (χ3n) is 10.0. The number of thiazole rings is 1. The second kappa shape index (κ2) is 15.2. The van der Waals surface area contributed by atoms with E-state index in [2.05, 4.69) is 55.3 Å². The number of aromatic nitrogens is 2. The van der Waals surface area contributed by atoms with Crippen molar-refractivity contribution >= 4 is 29.2 Å². The minimum absolute atomic E-state index is 0.0366. The van der Waals surface area contributed by atoms with Crippen molar-refractivity contribution in [2.45, 2.75) is 96.1 Å². The minimum atomic E-state index is -0.389. The number of pyridine rings is 1. The largest absolute Gasteiger partial charge is 0.496 e. The molecule has 1 aromatic carbocycles. The van der Waals surface area contributed by atoms with E-state index in [1.54, 1.807) is 18.4 Å². The quantitative estimate of drug-likeness (QED) is 0.239. The van der Waals surface area contributed by atoms with Crippen LogP contribution in [0, 0.1) is 18.8 Å². The van der Waals surface area contributed by atoms with E-state index < -0.39 is 0 Å². The van der Waals surface area contributed by atoms with Crippen LogP contribution in [0.1, 0.15) is 93.2 Å². The molecule has 1 N–H and O–H groups in total. The van der Waals surface area contributed by atoms with E-state index >= 15 is 0 Å². The van der Waals surface area contributed by atoms with Crippen LogP contribution in [0.3, 0.4) is 0 Å². The second-order valence-corrected chi connectivity index (χ2v) is 14.8. The van der Waals surface area contributed by atoms with Crippen LogP contribution in [0.25, 0.3) is 10.4 Å². The van der Waals surface area contributed by atoms with Gasteiger partial charge in [0.05, 0.1) is 36.3 Å². The van der Waals surface area contributed by atoms with Gasteiger partial charge < -0.3 is 19.5 Å². The monoisotopic (exact) mass is 660 g/mol. The molecule has 0 atom stereocenters. The molecule has 0 bridgehead atoms. The molecule has 2 saturated carbocycles. The average Bonchev–Trinajstić information content (AvgIpc) is 3.57. The van der Waals surface area contributed by atoms with Crippen molar-refractivity contribution in [2.75, 3.05) is 31.8 Å². The number of benzene rings is 1. The van der Waals surface area contributed by atoms with Gasteiger partial charge in [0, 0.05) is 30.8 Å². The summed E-state index contributed by atoms with van der Waals surface area (Å²) in [6.07, 6.45) is 10.3. The molecule has 3 aromatic rings. The molecule has 10 heteroatoms. The number of carbonyl (C=O) groups excluding carboxylic acids is 2. The molecule has 0 radical (unpaired) electrons. The summed E-state index contributed by atoms with van der Waals surface area (Å²) in [5.74, 6) is 2.92. The average molecular weight is 661 g/mol. The van der Waals surface area contributed by atoms with Crippen LogP contribution >= 0.6 is 11.3 Å². The zero-order valence-corrected chi connectivity index (χ0v) is 28.9. The van der Waals surface area contributed by atoms with Gasteiger partial charge in [-0.15, -0.1) is 11.3 Å². The second-order valence-electron chi connectivity index (χ2n) is 13.8. The molecule has 1 aliphatic heterocycles.